The number of ether oxygens (including phenoxy) is 1. The molecule has 208 valence electrons. The number of nitrogens with zero attached hydrogens (tertiary/aromatic N) is 5. The molecular formula is C32H36FN5O2. The van der Waals surface area contributed by atoms with Crippen molar-refractivity contribution in [2.75, 3.05) is 50.8 Å². The van der Waals surface area contributed by atoms with Crippen molar-refractivity contribution >= 4 is 11.8 Å². The number of hydrogen-bond acceptors (Lipinski definition) is 6. The van der Waals surface area contributed by atoms with E-state index >= 15 is 0 Å². The molecule has 3 saturated heterocycles. The highest BCUT2D eigenvalue weighted by Crippen LogP contribution is 2.51. The van der Waals surface area contributed by atoms with Crippen LogP contribution in [0.25, 0.3) is 0 Å². The first-order chi connectivity index (χ1) is 19.5. The third kappa shape index (κ3) is 4.80. The van der Waals surface area contributed by atoms with Gasteiger partial charge in [0, 0.05) is 43.2 Å². The van der Waals surface area contributed by atoms with Crippen molar-refractivity contribution in [3.63, 3.8) is 0 Å². The Kier molecular flexibility index (Phi) is 7.38. The van der Waals surface area contributed by atoms with Gasteiger partial charge in [0.15, 0.2) is 0 Å². The highest BCUT2D eigenvalue weighted by molar-refractivity contribution is 5.70. The molecule has 0 N–H and O–H groups in total. The smallest absolute Gasteiger partial charge is 0.410 e. The molecule has 2 aromatic carbocycles. The van der Waals surface area contributed by atoms with Crippen molar-refractivity contribution < 1.29 is 13.9 Å². The maximum atomic E-state index is 14.6. The van der Waals surface area contributed by atoms with Crippen molar-refractivity contribution in [3.8, 4) is 12.1 Å². The molecule has 1 amide bonds. The van der Waals surface area contributed by atoms with E-state index in [1.165, 1.54) is 6.07 Å². The third-order valence-corrected chi connectivity index (χ3v) is 9.81. The number of cyclic esters (lactones) is 1. The summed E-state index contributed by atoms with van der Waals surface area (Å²) >= 11 is 0. The van der Waals surface area contributed by atoms with Crippen LogP contribution in [0.1, 0.15) is 43.2 Å². The average molecular weight is 542 g/mol. The first kappa shape index (κ1) is 26.6. The second kappa shape index (κ2) is 11.1. The average Bonchev–Trinajstić information content (AvgIpc) is 3.61. The van der Waals surface area contributed by atoms with E-state index in [1.54, 1.807) is 12.1 Å². The number of halogens is 1. The molecule has 0 aromatic heterocycles. The Morgan fingerprint density at radius 3 is 2.42 bits per heavy atom. The van der Waals surface area contributed by atoms with Crippen LogP contribution in [0, 0.1) is 46.2 Å². The van der Waals surface area contributed by atoms with E-state index in [-0.39, 0.29) is 29.8 Å². The van der Waals surface area contributed by atoms with Crippen LogP contribution in [0.2, 0.25) is 0 Å². The fraction of sp³-hybridized carbons (Fsp3) is 0.531. The highest BCUT2D eigenvalue weighted by atomic mass is 19.1. The summed E-state index contributed by atoms with van der Waals surface area (Å²) in [4.78, 5) is 19.3. The largest absolute Gasteiger partial charge is 0.448 e. The molecule has 6 rings (SSSR count). The first-order valence-corrected chi connectivity index (χ1v) is 14.6. The predicted octanol–water partition coefficient (Wildman–Crippen LogP) is 4.93. The summed E-state index contributed by atoms with van der Waals surface area (Å²) in [7, 11) is 0. The fourth-order valence-corrected chi connectivity index (χ4v) is 7.87. The molecule has 0 bridgehead atoms. The summed E-state index contributed by atoms with van der Waals surface area (Å²) in [5.41, 5.74) is 1.76. The second-order valence-electron chi connectivity index (χ2n) is 11.9. The van der Waals surface area contributed by atoms with Gasteiger partial charge in [-0.2, -0.15) is 10.5 Å². The minimum absolute atomic E-state index is 0.0471. The predicted molar refractivity (Wildman–Crippen MR) is 149 cm³/mol. The van der Waals surface area contributed by atoms with E-state index in [4.69, 9.17) is 10.00 Å². The van der Waals surface area contributed by atoms with Crippen LogP contribution in [-0.4, -0.2) is 67.8 Å². The van der Waals surface area contributed by atoms with Crippen LogP contribution in [0.15, 0.2) is 48.5 Å². The zero-order valence-corrected chi connectivity index (χ0v) is 22.8. The lowest BCUT2D eigenvalue weighted by Gasteiger charge is -2.48. The van der Waals surface area contributed by atoms with Crippen LogP contribution in [0.3, 0.4) is 0 Å². The Morgan fingerprint density at radius 1 is 1.00 bits per heavy atom. The Balaban J connectivity index is 1.15. The molecular weight excluding hydrogens is 505 g/mol. The SMILES string of the molecule is N#Cc1ccc(N2CC(CN3CCC(C(C#N)(c4cccc(F)c4)[C@H]4CCC[C@@H]4N4CCOC4=O)CC3)C2)cc1. The molecule has 4 aliphatic rings. The monoisotopic (exact) mass is 541 g/mol. The summed E-state index contributed by atoms with van der Waals surface area (Å²) in [6.45, 7) is 5.83. The molecule has 1 saturated carbocycles. The lowest BCUT2D eigenvalue weighted by molar-refractivity contribution is 0.0767. The standard InChI is InChI=1S/C32H36FN5O2/c33-27-4-1-3-26(17-27)32(22-35,29-5-2-6-30(29)38-15-16-40-31(38)39)25-11-13-36(14-12-25)19-24-20-37(21-24)28-9-7-23(18-34)8-10-28/h1,3-4,7-10,17,24-25,29-30H,2,5-6,11-16,19-21H2/t29-,30-,32?/m0/s1. The van der Waals surface area contributed by atoms with Gasteiger partial charge in [0.25, 0.3) is 0 Å². The van der Waals surface area contributed by atoms with Crippen molar-refractivity contribution in [1.29, 1.82) is 10.5 Å². The summed E-state index contributed by atoms with van der Waals surface area (Å²) in [5.74, 6) is 0.323. The topological polar surface area (TPSA) is 83.6 Å². The zero-order valence-electron chi connectivity index (χ0n) is 22.8. The Bertz CT molecular complexity index is 1310. The Morgan fingerprint density at radius 2 is 1.77 bits per heavy atom. The molecule has 3 heterocycles. The van der Waals surface area contributed by atoms with Crippen LogP contribution < -0.4 is 4.90 Å². The Labute approximate surface area is 235 Å². The van der Waals surface area contributed by atoms with Gasteiger partial charge < -0.3 is 19.4 Å². The van der Waals surface area contributed by atoms with Crippen LogP contribution in [0.5, 0.6) is 0 Å². The normalized spacial score (nSPS) is 25.6. The number of piperidine rings is 1. The van der Waals surface area contributed by atoms with E-state index in [9.17, 15) is 14.4 Å². The minimum atomic E-state index is -0.846. The summed E-state index contributed by atoms with van der Waals surface area (Å²) < 4.78 is 19.8. The molecule has 2 aromatic rings. The maximum absolute atomic E-state index is 14.6. The van der Waals surface area contributed by atoms with E-state index in [0.29, 0.717) is 24.6 Å². The number of hydrogen-bond donors (Lipinski definition) is 0. The van der Waals surface area contributed by atoms with E-state index < -0.39 is 5.41 Å². The van der Waals surface area contributed by atoms with Crippen molar-refractivity contribution in [2.24, 2.45) is 17.8 Å². The zero-order chi connectivity index (χ0) is 27.7. The number of carbonyl (C=O) groups is 1. The molecule has 3 atom stereocenters. The molecule has 7 nitrogen and oxygen atoms in total. The molecule has 0 radical (unpaired) electrons. The van der Waals surface area contributed by atoms with Gasteiger partial charge in [-0.3, -0.25) is 0 Å². The quantitative estimate of drug-likeness (QED) is 0.495. The third-order valence-electron chi connectivity index (χ3n) is 9.81. The highest BCUT2D eigenvalue weighted by Gasteiger charge is 2.54. The van der Waals surface area contributed by atoms with Crippen LogP contribution >= 0.6 is 0 Å². The first-order valence-electron chi connectivity index (χ1n) is 14.6. The van der Waals surface area contributed by atoms with Gasteiger partial charge in [0.2, 0.25) is 0 Å². The van der Waals surface area contributed by atoms with Crippen LogP contribution in [-0.2, 0) is 10.2 Å². The van der Waals surface area contributed by atoms with Crippen molar-refractivity contribution in [3.05, 3.63) is 65.5 Å². The number of likely N-dealkylation sites (tertiary alicyclic amines) is 1. The summed E-state index contributed by atoms with van der Waals surface area (Å²) in [5, 5.41) is 20.0. The van der Waals surface area contributed by atoms with E-state index in [2.05, 4.69) is 21.9 Å². The molecule has 0 spiro atoms. The van der Waals surface area contributed by atoms with Gasteiger partial charge >= 0.3 is 6.09 Å². The number of benzene rings is 2. The van der Waals surface area contributed by atoms with Crippen LogP contribution in [0.4, 0.5) is 14.9 Å². The molecule has 1 aliphatic carbocycles. The molecule has 8 heteroatoms. The number of rotatable bonds is 7. The second-order valence-corrected chi connectivity index (χ2v) is 11.9. The van der Waals surface area contributed by atoms with Gasteiger partial charge in [0.1, 0.15) is 12.4 Å². The number of amides is 1. The number of nitriles is 2. The number of carbonyl (C=O) groups excluding carboxylic acids is 1. The van der Waals surface area contributed by atoms with Gasteiger partial charge in [-0.15, -0.1) is 0 Å². The van der Waals surface area contributed by atoms with Gasteiger partial charge in [-0.1, -0.05) is 18.6 Å². The molecule has 1 unspecified atom stereocenters. The molecule has 40 heavy (non-hydrogen) atoms. The molecule has 4 fully saturated rings. The Hall–Kier alpha value is -3.62. The minimum Gasteiger partial charge on any atom is -0.448 e. The van der Waals surface area contributed by atoms with Gasteiger partial charge in [-0.25, -0.2) is 9.18 Å². The van der Waals surface area contributed by atoms with E-state index in [0.717, 1.165) is 76.1 Å². The van der Waals surface area contributed by atoms with Crippen molar-refractivity contribution in [2.45, 2.75) is 43.6 Å². The molecule has 3 aliphatic heterocycles. The van der Waals surface area contributed by atoms with E-state index in [1.807, 2.05) is 35.2 Å². The lowest BCUT2D eigenvalue weighted by atomic mass is 9.59. The summed E-state index contributed by atoms with van der Waals surface area (Å²) in [6.07, 6.45) is 4.14. The lowest BCUT2D eigenvalue weighted by Crippen LogP contribution is -2.55. The summed E-state index contributed by atoms with van der Waals surface area (Å²) in [6, 6.07) is 19.3. The maximum Gasteiger partial charge on any atom is 0.410 e. The van der Waals surface area contributed by atoms with Crippen molar-refractivity contribution in [1.82, 2.24) is 9.80 Å². The fourth-order valence-electron chi connectivity index (χ4n) is 7.87. The number of anilines is 1. The van der Waals surface area contributed by atoms with Gasteiger partial charge in [-0.05, 0) is 86.7 Å². The van der Waals surface area contributed by atoms with Gasteiger partial charge in [0.05, 0.1) is 29.7 Å².